The first kappa shape index (κ1) is 9.90. The second-order valence-electron chi connectivity index (χ2n) is 2.82. The average Bonchev–Trinajstić information content (AvgIpc) is 2.06. The van der Waals surface area contributed by atoms with Crippen molar-refractivity contribution in [1.29, 1.82) is 0 Å². The summed E-state index contributed by atoms with van der Waals surface area (Å²) in [6.07, 6.45) is 0. The van der Waals surface area contributed by atoms with Gasteiger partial charge in [-0.25, -0.2) is 0 Å². The van der Waals surface area contributed by atoms with Crippen LogP contribution in [0.1, 0.15) is 17.2 Å². The largest absolute Gasteiger partial charge is 0.323 e. The highest BCUT2D eigenvalue weighted by atomic mass is 35.5. The Labute approximate surface area is 83.1 Å². The van der Waals surface area contributed by atoms with Gasteiger partial charge in [0.2, 0.25) is 0 Å². The highest BCUT2D eigenvalue weighted by molar-refractivity contribution is 7.98. The standard InChI is InChI=1S/C9H11NS.ClH/c10-9-6-11-5-7-3-1-2-4-8(7)9;/h1-4,9H,5-6,10H2;1H. The first-order valence-corrected chi connectivity index (χ1v) is 4.94. The maximum Gasteiger partial charge on any atom is 0.0389 e. The van der Waals surface area contributed by atoms with Gasteiger partial charge >= 0.3 is 0 Å². The van der Waals surface area contributed by atoms with Gasteiger partial charge in [-0.1, -0.05) is 24.3 Å². The van der Waals surface area contributed by atoms with E-state index in [-0.39, 0.29) is 18.4 Å². The molecule has 1 aromatic rings. The summed E-state index contributed by atoms with van der Waals surface area (Å²) in [4.78, 5) is 0. The van der Waals surface area contributed by atoms with Crippen molar-refractivity contribution in [1.82, 2.24) is 0 Å². The summed E-state index contributed by atoms with van der Waals surface area (Å²) in [6, 6.07) is 8.71. The van der Waals surface area contributed by atoms with E-state index in [0.29, 0.717) is 0 Å². The van der Waals surface area contributed by atoms with Crippen molar-refractivity contribution in [2.75, 3.05) is 5.75 Å². The fourth-order valence-electron chi connectivity index (χ4n) is 1.41. The fourth-order valence-corrected chi connectivity index (χ4v) is 2.45. The van der Waals surface area contributed by atoms with Gasteiger partial charge in [0.15, 0.2) is 0 Å². The van der Waals surface area contributed by atoms with Crippen LogP contribution < -0.4 is 5.73 Å². The lowest BCUT2D eigenvalue weighted by molar-refractivity contribution is 0.809. The second kappa shape index (κ2) is 4.17. The Morgan fingerprint density at radius 2 is 2.08 bits per heavy atom. The Hall–Kier alpha value is -0.180. The lowest BCUT2D eigenvalue weighted by Crippen LogP contribution is -2.18. The highest BCUT2D eigenvalue weighted by Crippen LogP contribution is 2.29. The summed E-state index contributed by atoms with van der Waals surface area (Å²) in [7, 11) is 0. The van der Waals surface area contributed by atoms with E-state index in [1.54, 1.807) is 0 Å². The summed E-state index contributed by atoms with van der Waals surface area (Å²) in [5.74, 6) is 2.20. The third-order valence-electron chi connectivity index (χ3n) is 2.01. The van der Waals surface area contributed by atoms with Gasteiger partial charge in [0.25, 0.3) is 0 Å². The third-order valence-corrected chi connectivity index (χ3v) is 3.12. The molecule has 1 heterocycles. The van der Waals surface area contributed by atoms with E-state index in [0.717, 1.165) is 11.5 Å². The molecular weight excluding hydrogens is 190 g/mol. The molecule has 2 rings (SSSR count). The van der Waals surface area contributed by atoms with Gasteiger partial charge in [0.1, 0.15) is 0 Å². The molecule has 1 atom stereocenters. The number of halogens is 1. The van der Waals surface area contributed by atoms with Crippen LogP contribution in [0.3, 0.4) is 0 Å². The van der Waals surface area contributed by atoms with Crippen LogP contribution in [0.2, 0.25) is 0 Å². The minimum atomic E-state index is 0. The summed E-state index contributed by atoms with van der Waals surface area (Å²) >= 11 is 1.92. The van der Waals surface area contributed by atoms with E-state index in [1.165, 1.54) is 11.1 Å². The van der Waals surface area contributed by atoms with Crippen LogP contribution in [0, 0.1) is 0 Å². The molecule has 0 amide bonds. The van der Waals surface area contributed by atoms with Gasteiger partial charge < -0.3 is 5.73 Å². The molecule has 0 aliphatic carbocycles. The van der Waals surface area contributed by atoms with Crippen molar-refractivity contribution in [2.24, 2.45) is 5.73 Å². The minimum Gasteiger partial charge on any atom is -0.323 e. The van der Waals surface area contributed by atoms with Crippen LogP contribution in [-0.4, -0.2) is 5.75 Å². The fraction of sp³-hybridized carbons (Fsp3) is 0.333. The molecule has 0 spiro atoms. The first-order chi connectivity index (χ1) is 5.38. The maximum absolute atomic E-state index is 5.93. The quantitative estimate of drug-likeness (QED) is 0.698. The van der Waals surface area contributed by atoms with E-state index in [9.17, 15) is 0 Å². The molecule has 1 aromatic carbocycles. The lowest BCUT2D eigenvalue weighted by atomic mass is 10.0. The molecule has 0 radical (unpaired) electrons. The summed E-state index contributed by atoms with van der Waals surface area (Å²) in [6.45, 7) is 0. The Morgan fingerprint density at radius 3 is 2.83 bits per heavy atom. The van der Waals surface area contributed by atoms with E-state index in [2.05, 4.69) is 24.3 Å². The van der Waals surface area contributed by atoms with Crippen molar-refractivity contribution in [3.63, 3.8) is 0 Å². The molecule has 12 heavy (non-hydrogen) atoms. The molecule has 0 bridgehead atoms. The van der Waals surface area contributed by atoms with E-state index < -0.39 is 0 Å². The predicted octanol–water partition coefficient (Wildman–Crippen LogP) is 2.36. The summed E-state index contributed by atoms with van der Waals surface area (Å²) in [5.41, 5.74) is 8.68. The maximum atomic E-state index is 5.93. The van der Waals surface area contributed by atoms with Crippen LogP contribution in [0.25, 0.3) is 0 Å². The van der Waals surface area contributed by atoms with Crippen LogP contribution in [0.15, 0.2) is 24.3 Å². The summed E-state index contributed by atoms with van der Waals surface area (Å²) in [5, 5.41) is 0. The SMILES string of the molecule is Cl.NC1CSCc2ccccc21. The van der Waals surface area contributed by atoms with Crippen LogP contribution in [0.4, 0.5) is 0 Å². The van der Waals surface area contributed by atoms with E-state index >= 15 is 0 Å². The van der Waals surface area contributed by atoms with Crippen molar-refractivity contribution in [2.45, 2.75) is 11.8 Å². The predicted molar refractivity (Wildman–Crippen MR) is 56.8 cm³/mol. The van der Waals surface area contributed by atoms with Crippen molar-refractivity contribution < 1.29 is 0 Å². The zero-order chi connectivity index (χ0) is 7.68. The number of nitrogens with two attached hydrogens (primary N) is 1. The van der Waals surface area contributed by atoms with Gasteiger partial charge in [-0.2, -0.15) is 11.8 Å². The molecular formula is C9H12ClNS. The smallest absolute Gasteiger partial charge is 0.0389 e. The zero-order valence-electron chi connectivity index (χ0n) is 6.69. The number of thioether (sulfide) groups is 1. The normalized spacial score (nSPS) is 20.9. The highest BCUT2D eigenvalue weighted by Gasteiger charge is 2.15. The third kappa shape index (κ3) is 1.76. The molecule has 0 aromatic heterocycles. The molecule has 3 heteroatoms. The number of rotatable bonds is 0. The zero-order valence-corrected chi connectivity index (χ0v) is 8.33. The minimum absolute atomic E-state index is 0. The molecule has 0 saturated carbocycles. The van der Waals surface area contributed by atoms with E-state index in [1.807, 2.05) is 11.8 Å². The Kier molecular flexibility index (Phi) is 3.44. The van der Waals surface area contributed by atoms with Crippen LogP contribution in [0.5, 0.6) is 0 Å². The van der Waals surface area contributed by atoms with Gasteiger partial charge in [-0.15, -0.1) is 12.4 Å². The van der Waals surface area contributed by atoms with Gasteiger partial charge in [-0.05, 0) is 11.1 Å². The summed E-state index contributed by atoms with van der Waals surface area (Å²) < 4.78 is 0. The van der Waals surface area contributed by atoms with Gasteiger partial charge in [0, 0.05) is 17.5 Å². The van der Waals surface area contributed by atoms with E-state index in [4.69, 9.17) is 5.73 Å². The molecule has 1 aliphatic heterocycles. The lowest BCUT2D eigenvalue weighted by Gasteiger charge is -2.21. The number of benzene rings is 1. The number of fused-ring (bicyclic) bond motifs is 1. The van der Waals surface area contributed by atoms with Gasteiger partial charge in [0.05, 0.1) is 0 Å². The number of hydrogen-bond donors (Lipinski definition) is 1. The Morgan fingerprint density at radius 1 is 1.33 bits per heavy atom. The van der Waals surface area contributed by atoms with Crippen LogP contribution >= 0.6 is 24.2 Å². The first-order valence-electron chi connectivity index (χ1n) is 3.79. The Balaban J connectivity index is 0.000000720. The molecule has 66 valence electrons. The molecule has 2 N–H and O–H groups in total. The average molecular weight is 202 g/mol. The Bertz CT molecular complexity index is 264. The molecule has 1 unspecified atom stereocenters. The van der Waals surface area contributed by atoms with Crippen molar-refractivity contribution >= 4 is 24.2 Å². The topological polar surface area (TPSA) is 26.0 Å². The molecule has 0 saturated heterocycles. The molecule has 0 fully saturated rings. The second-order valence-corrected chi connectivity index (χ2v) is 3.85. The molecule has 1 nitrogen and oxygen atoms in total. The van der Waals surface area contributed by atoms with Gasteiger partial charge in [-0.3, -0.25) is 0 Å². The van der Waals surface area contributed by atoms with Crippen molar-refractivity contribution in [3.05, 3.63) is 35.4 Å². The van der Waals surface area contributed by atoms with Crippen molar-refractivity contribution in [3.8, 4) is 0 Å². The monoisotopic (exact) mass is 201 g/mol. The number of hydrogen-bond acceptors (Lipinski definition) is 2. The molecule has 1 aliphatic rings. The van der Waals surface area contributed by atoms with Crippen LogP contribution in [-0.2, 0) is 5.75 Å².